The number of rotatable bonds is 4. The number of fused-ring (bicyclic) bond motifs is 1. The van der Waals surface area contributed by atoms with Crippen LogP contribution < -0.4 is 10.3 Å². The SMILES string of the molecule is CCc1c(F)c(N2CCN(C)CC2)c(F)c2c1c(=O)c(C(=O)O)cn2C1CC1. The molecule has 1 aromatic carbocycles. The summed E-state index contributed by atoms with van der Waals surface area (Å²) in [5.74, 6) is -2.90. The quantitative estimate of drug-likeness (QED) is 0.868. The van der Waals surface area contributed by atoms with Crippen molar-refractivity contribution in [2.45, 2.75) is 32.2 Å². The van der Waals surface area contributed by atoms with Crippen LogP contribution in [0.2, 0.25) is 0 Å². The van der Waals surface area contributed by atoms with Crippen molar-refractivity contribution >= 4 is 22.6 Å². The molecule has 2 aliphatic rings. The summed E-state index contributed by atoms with van der Waals surface area (Å²) < 4.78 is 32.6. The zero-order valence-corrected chi connectivity index (χ0v) is 16.0. The van der Waals surface area contributed by atoms with Gasteiger partial charge in [-0.15, -0.1) is 0 Å². The standard InChI is InChI=1S/C20H23F2N3O3/c1-3-12-14-17(25(11-4-5-11)10-13(19(14)26)20(27)28)16(22)18(15(12)21)24-8-6-23(2)7-9-24/h10-11H,3-9H2,1-2H3,(H,27,28). The molecule has 1 aromatic heterocycles. The summed E-state index contributed by atoms with van der Waals surface area (Å²) in [6.07, 6.45) is 2.95. The molecule has 1 aliphatic carbocycles. The molecule has 0 amide bonds. The number of carboxylic acid groups (broad SMARTS) is 1. The molecule has 1 N–H and O–H groups in total. The lowest BCUT2D eigenvalue weighted by atomic mass is 9.99. The van der Waals surface area contributed by atoms with E-state index in [0.29, 0.717) is 26.2 Å². The number of aryl methyl sites for hydroxylation is 1. The van der Waals surface area contributed by atoms with Crippen molar-refractivity contribution in [3.05, 3.63) is 39.2 Å². The van der Waals surface area contributed by atoms with Gasteiger partial charge in [-0.1, -0.05) is 6.92 Å². The van der Waals surface area contributed by atoms with Gasteiger partial charge in [-0.2, -0.15) is 0 Å². The van der Waals surface area contributed by atoms with E-state index in [1.807, 2.05) is 7.05 Å². The van der Waals surface area contributed by atoms with Crippen molar-refractivity contribution < 1.29 is 18.7 Å². The topological polar surface area (TPSA) is 65.8 Å². The Kier molecular flexibility index (Phi) is 4.61. The minimum Gasteiger partial charge on any atom is -0.477 e. The maximum absolute atomic E-state index is 15.7. The molecule has 0 unspecified atom stereocenters. The highest BCUT2D eigenvalue weighted by Crippen LogP contribution is 2.41. The minimum atomic E-state index is -1.38. The number of carbonyl (C=O) groups is 1. The molecular weight excluding hydrogens is 368 g/mol. The predicted octanol–water partition coefficient (Wildman–Crippen LogP) is 2.63. The molecule has 2 heterocycles. The Morgan fingerprint density at radius 2 is 1.82 bits per heavy atom. The number of aromatic carboxylic acids is 1. The number of carboxylic acids is 1. The molecule has 2 aromatic rings. The molecular formula is C20H23F2N3O3. The number of hydrogen-bond acceptors (Lipinski definition) is 4. The van der Waals surface area contributed by atoms with E-state index in [1.165, 1.54) is 10.8 Å². The lowest BCUT2D eigenvalue weighted by molar-refractivity contribution is 0.0695. The number of pyridine rings is 1. The Hall–Kier alpha value is -2.48. The molecule has 1 aliphatic heterocycles. The first-order chi connectivity index (χ1) is 13.3. The molecule has 4 rings (SSSR count). The third kappa shape index (κ3) is 2.87. The number of likely N-dealkylation sites (N-methyl/N-ethyl adjacent to an activating group) is 1. The maximum atomic E-state index is 15.7. The number of hydrogen-bond donors (Lipinski definition) is 1. The third-order valence-electron chi connectivity index (χ3n) is 5.77. The highest BCUT2D eigenvalue weighted by atomic mass is 19.1. The predicted molar refractivity (Wildman–Crippen MR) is 102 cm³/mol. The second-order valence-electron chi connectivity index (χ2n) is 7.64. The highest BCUT2D eigenvalue weighted by molar-refractivity contribution is 5.95. The van der Waals surface area contributed by atoms with Crippen LogP contribution in [0.4, 0.5) is 14.5 Å². The average molecular weight is 391 g/mol. The second kappa shape index (κ2) is 6.84. The fourth-order valence-corrected chi connectivity index (χ4v) is 4.03. The number of nitrogens with zero attached hydrogens (tertiary/aromatic N) is 3. The number of halogens is 2. The molecule has 1 saturated carbocycles. The molecule has 8 heteroatoms. The summed E-state index contributed by atoms with van der Waals surface area (Å²) in [7, 11) is 1.96. The zero-order valence-electron chi connectivity index (χ0n) is 16.0. The second-order valence-corrected chi connectivity index (χ2v) is 7.64. The summed E-state index contributed by atoms with van der Waals surface area (Å²) in [6.45, 7) is 4.04. The van der Waals surface area contributed by atoms with Gasteiger partial charge < -0.3 is 19.5 Å². The summed E-state index contributed by atoms with van der Waals surface area (Å²) in [4.78, 5) is 28.2. The Balaban J connectivity index is 2.07. The van der Waals surface area contributed by atoms with Crippen LogP contribution in [0.3, 0.4) is 0 Å². The minimum absolute atomic E-state index is 0.0321. The van der Waals surface area contributed by atoms with E-state index in [-0.39, 0.29) is 34.6 Å². The molecule has 28 heavy (non-hydrogen) atoms. The third-order valence-corrected chi connectivity index (χ3v) is 5.77. The van der Waals surface area contributed by atoms with Crippen LogP contribution in [0.1, 0.15) is 41.7 Å². The van der Waals surface area contributed by atoms with Gasteiger partial charge in [-0.05, 0) is 26.3 Å². The van der Waals surface area contributed by atoms with Crippen molar-refractivity contribution in [2.75, 3.05) is 38.1 Å². The molecule has 0 spiro atoms. The number of aromatic nitrogens is 1. The van der Waals surface area contributed by atoms with Crippen molar-refractivity contribution in [3.63, 3.8) is 0 Å². The molecule has 150 valence electrons. The van der Waals surface area contributed by atoms with Crippen molar-refractivity contribution in [1.82, 2.24) is 9.47 Å². The van der Waals surface area contributed by atoms with E-state index in [0.717, 1.165) is 12.8 Å². The number of benzene rings is 1. The van der Waals surface area contributed by atoms with E-state index >= 15 is 8.78 Å². The average Bonchev–Trinajstić information content (AvgIpc) is 3.49. The first kappa shape index (κ1) is 18.9. The maximum Gasteiger partial charge on any atom is 0.341 e. The lowest BCUT2D eigenvalue weighted by Crippen LogP contribution is -2.45. The van der Waals surface area contributed by atoms with Crippen molar-refractivity contribution in [3.8, 4) is 0 Å². The largest absolute Gasteiger partial charge is 0.477 e. The first-order valence-corrected chi connectivity index (χ1v) is 9.60. The van der Waals surface area contributed by atoms with Gasteiger partial charge in [0.15, 0.2) is 11.6 Å². The van der Waals surface area contributed by atoms with Gasteiger partial charge in [0.1, 0.15) is 11.3 Å². The smallest absolute Gasteiger partial charge is 0.341 e. The molecule has 0 atom stereocenters. The Labute approximate surface area is 161 Å². The summed E-state index contributed by atoms with van der Waals surface area (Å²) in [6, 6.07) is -0.0637. The molecule has 0 bridgehead atoms. The van der Waals surface area contributed by atoms with Crippen LogP contribution in [0, 0.1) is 11.6 Å². The van der Waals surface area contributed by atoms with Crippen LogP contribution >= 0.6 is 0 Å². The summed E-state index contributed by atoms with van der Waals surface area (Å²) in [5.41, 5.74) is -1.24. The number of piperazine rings is 1. The fourth-order valence-electron chi connectivity index (χ4n) is 4.03. The van der Waals surface area contributed by atoms with Gasteiger partial charge >= 0.3 is 5.97 Å². The van der Waals surface area contributed by atoms with E-state index in [9.17, 15) is 14.7 Å². The Bertz CT molecular complexity index is 1020. The molecule has 1 saturated heterocycles. The number of anilines is 1. The fraction of sp³-hybridized carbons (Fsp3) is 0.500. The van der Waals surface area contributed by atoms with E-state index in [1.54, 1.807) is 11.8 Å². The van der Waals surface area contributed by atoms with Crippen molar-refractivity contribution in [2.24, 2.45) is 0 Å². The first-order valence-electron chi connectivity index (χ1n) is 9.60. The Morgan fingerprint density at radius 3 is 2.36 bits per heavy atom. The molecule has 2 fully saturated rings. The zero-order chi connectivity index (χ0) is 20.2. The lowest BCUT2D eigenvalue weighted by Gasteiger charge is -2.35. The van der Waals surface area contributed by atoms with Crippen LogP contribution in [0.5, 0.6) is 0 Å². The van der Waals surface area contributed by atoms with Gasteiger partial charge in [0.25, 0.3) is 0 Å². The normalized spacial score (nSPS) is 18.1. The van der Waals surface area contributed by atoms with Gasteiger partial charge in [0.2, 0.25) is 5.43 Å². The van der Waals surface area contributed by atoms with Gasteiger partial charge in [0.05, 0.1) is 10.9 Å². The Morgan fingerprint density at radius 1 is 1.18 bits per heavy atom. The van der Waals surface area contributed by atoms with Crippen molar-refractivity contribution in [1.29, 1.82) is 0 Å². The summed E-state index contributed by atoms with van der Waals surface area (Å²) in [5, 5.41) is 9.29. The van der Waals surface area contributed by atoms with Crippen LogP contribution in [-0.2, 0) is 6.42 Å². The van der Waals surface area contributed by atoms with E-state index in [4.69, 9.17) is 0 Å². The van der Waals surface area contributed by atoms with Crippen LogP contribution in [-0.4, -0.2) is 53.8 Å². The van der Waals surface area contributed by atoms with E-state index < -0.39 is 28.6 Å². The summed E-state index contributed by atoms with van der Waals surface area (Å²) >= 11 is 0. The van der Waals surface area contributed by atoms with Gasteiger partial charge in [0, 0.05) is 44.0 Å². The molecule has 6 nitrogen and oxygen atoms in total. The van der Waals surface area contributed by atoms with Gasteiger partial charge in [-0.3, -0.25) is 4.79 Å². The van der Waals surface area contributed by atoms with Crippen LogP contribution in [0.25, 0.3) is 10.9 Å². The van der Waals surface area contributed by atoms with Crippen LogP contribution in [0.15, 0.2) is 11.0 Å². The van der Waals surface area contributed by atoms with E-state index in [2.05, 4.69) is 4.90 Å². The van der Waals surface area contributed by atoms with Gasteiger partial charge in [-0.25, -0.2) is 13.6 Å². The highest BCUT2D eigenvalue weighted by Gasteiger charge is 2.33. The molecule has 0 radical (unpaired) electrons. The monoisotopic (exact) mass is 391 g/mol.